The van der Waals surface area contributed by atoms with Crippen LogP contribution in [0, 0.1) is 0 Å². The Bertz CT molecular complexity index is 610. The average molecular weight is 523 g/mol. The zero-order valence-corrected chi connectivity index (χ0v) is 20.3. The third-order valence-electron chi connectivity index (χ3n) is 4.42. The molecule has 28 heavy (non-hydrogen) atoms. The van der Waals surface area contributed by atoms with Crippen LogP contribution in [0.5, 0.6) is 11.5 Å². The first kappa shape index (κ1) is 25.2. The molecular formula is C20H34IN3O3S. The van der Waals surface area contributed by atoms with Crippen molar-refractivity contribution in [1.29, 1.82) is 0 Å². The Labute approximate surface area is 190 Å². The van der Waals surface area contributed by atoms with Crippen LogP contribution in [0.15, 0.2) is 23.2 Å². The van der Waals surface area contributed by atoms with Crippen LogP contribution in [0.2, 0.25) is 0 Å². The number of methoxy groups -OCH3 is 1. The monoisotopic (exact) mass is 523 g/mol. The molecule has 6 nitrogen and oxygen atoms in total. The normalized spacial score (nSPS) is 19.1. The molecular weight excluding hydrogens is 489 g/mol. The Hall–Kier alpha value is -0.870. The molecule has 3 N–H and O–H groups in total. The second-order valence-corrected chi connectivity index (χ2v) is 7.78. The largest absolute Gasteiger partial charge is 0.493 e. The number of nitrogens with zero attached hydrogens (tertiary/aromatic N) is 1. The highest BCUT2D eigenvalue weighted by molar-refractivity contribution is 14.0. The molecule has 160 valence electrons. The molecule has 1 aromatic carbocycles. The Kier molecular flexibility index (Phi) is 12.0. The first-order chi connectivity index (χ1) is 13.1. The lowest BCUT2D eigenvalue weighted by atomic mass is 10.1. The minimum atomic E-state index is -0.647. The number of ether oxygens (including phenoxy) is 2. The van der Waals surface area contributed by atoms with Crippen LogP contribution in [0.3, 0.4) is 0 Å². The van der Waals surface area contributed by atoms with Gasteiger partial charge in [0.25, 0.3) is 0 Å². The van der Waals surface area contributed by atoms with E-state index >= 15 is 0 Å². The SMILES string of the molecule is CCNC(=NCC1(O)CCSC1)NCCCc1ccc(OC)c(OCC)c1.I. The fourth-order valence-corrected chi connectivity index (χ4v) is 4.22. The summed E-state index contributed by atoms with van der Waals surface area (Å²) in [6.07, 6.45) is 2.74. The predicted molar refractivity (Wildman–Crippen MR) is 129 cm³/mol. The second kappa shape index (κ2) is 13.4. The van der Waals surface area contributed by atoms with Gasteiger partial charge in [-0.05, 0) is 56.6 Å². The van der Waals surface area contributed by atoms with Gasteiger partial charge in [0.1, 0.15) is 0 Å². The second-order valence-electron chi connectivity index (χ2n) is 6.67. The van der Waals surface area contributed by atoms with Gasteiger partial charge in [-0.25, -0.2) is 0 Å². The van der Waals surface area contributed by atoms with Crippen LogP contribution in [-0.4, -0.2) is 61.5 Å². The number of hydrogen-bond acceptors (Lipinski definition) is 5. The molecule has 1 fully saturated rings. The van der Waals surface area contributed by atoms with E-state index < -0.39 is 5.60 Å². The third-order valence-corrected chi connectivity index (χ3v) is 5.66. The summed E-state index contributed by atoms with van der Waals surface area (Å²) in [4.78, 5) is 4.57. The minimum Gasteiger partial charge on any atom is -0.493 e. The van der Waals surface area contributed by atoms with Crippen molar-refractivity contribution in [3.63, 3.8) is 0 Å². The number of guanidine groups is 1. The van der Waals surface area contributed by atoms with Crippen molar-refractivity contribution in [1.82, 2.24) is 10.6 Å². The summed E-state index contributed by atoms with van der Waals surface area (Å²) in [7, 11) is 1.66. The van der Waals surface area contributed by atoms with Gasteiger partial charge in [0.15, 0.2) is 17.5 Å². The van der Waals surface area contributed by atoms with E-state index in [0.717, 1.165) is 61.3 Å². The maximum Gasteiger partial charge on any atom is 0.191 e. The molecule has 1 heterocycles. The van der Waals surface area contributed by atoms with E-state index in [-0.39, 0.29) is 24.0 Å². The number of nitrogens with one attached hydrogen (secondary N) is 2. The topological polar surface area (TPSA) is 75.1 Å². The molecule has 0 bridgehead atoms. The van der Waals surface area contributed by atoms with E-state index in [1.807, 2.05) is 19.9 Å². The summed E-state index contributed by atoms with van der Waals surface area (Å²) >= 11 is 1.79. The van der Waals surface area contributed by atoms with Gasteiger partial charge < -0.3 is 25.2 Å². The number of halogens is 1. The van der Waals surface area contributed by atoms with Gasteiger partial charge >= 0.3 is 0 Å². The number of aliphatic imine (C=N–C) groups is 1. The molecule has 1 unspecified atom stereocenters. The van der Waals surface area contributed by atoms with Gasteiger partial charge in [-0.2, -0.15) is 11.8 Å². The number of aliphatic hydroxyl groups is 1. The lowest BCUT2D eigenvalue weighted by Crippen LogP contribution is -2.40. The van der Waals surface area contributed by atoms with Crippen LogP contribution in [0.4, 0.5) is 0 Å². The summed E-state index contributed by atoms with van der Waals surface area (Å²) in [6, 6.07) is 6.09. The summed E-state index contributed by atoms with van der Waals surface area (Å²) in [6.45, 7) is 6.70. The molecule has 8 heteroatoms. The van der Waals surface area contributed by atoms with Gasteiger partial charge in [-0.15, -0.1) is 24.0 Å². The smallest absolute Gasteiger partial charge is 0.191 e. The van der Waals surface area contributed by atoms with E-state index in [2.05, 4.69) is 27.8 Å². The number of aryl methyl sites for hydroxylation is 1. The van der Waals surface area contributed by atoms with Crippen molar-refractivity contribution in [2.45, 2.75) is 38.7 Å². The highest BCUT2D eigenvalue weighted by Crippen LogP contribution is 2.29. The predicted octanol–water partition coefficient (Wildman–Crippen LogP) is 3.07. The number of rotatable bonds is 10. The van der Waals surface area contributed by atoms with Crippen LogP contribution in [0.25, 0.3) is 0 Å². The maximum atomic E-state index is 10.4. The molecule has 0 radical (unpaired) electrons. The first-order valence-electron chi connectivity index (χ1n) is 9.72. The first-order valence-corrected chi connectivity index (χ1v) is 10.9. The molecule has 1 atom stereocenters. The zero-order chi connectivity index (χ0) is 19.5. The molecule has 0 aromatic heterocycles. The van der Waals surface area contributed by atoms with Crippen LogP contribution in [0.1, 0.15) is 32.3 Å². The quantitative estimate of drug-likeness (QED) is 0.190. The van der Waals surface area contributed by atoms with Crippen LogP contribution >= 0.6 is 35.7 Å². The zero-order valence-electron chi connectivity index (χ0n) is 17.1. The van der Waals surface area contributed by atoms with Crippen LogP contribution < -0.4 is 20.1 Å². The van der Waals surface area contributed by atoms with Crippen molar-refractivity contribution < 1.29 is 14.6 Å². The van der Waals surface area contributed by atoms with Gasteiger partial charge in [-0.3, -0.25) is 4.99 Å². The number of hydrogen-bond donors (Lipinski definition) is 3. The van der Waals surface area contributed by atoms with Crippen molar-refractivity contribution in [2.75, 3.05) is 44.9 Å². The fourth-order valence-electron chi connectivity index (χ4n) is 2.93. The molecule has 0 spiro atoms. The molecule has 1 aromatic rings. The molecule has 0 aliphatic carbocycles. The summed E-state index contributed by atoms with van der Waals surface area (Å²) in [5.41, 5.74) is 0.575. The summed E-state index contributed by atoms with van der Waals surface area (Å²) in [5.74, 6) is 4.12. The summed E-state index contributed by atoms with van der Waals surface area (Å²) < 4.78 is 11.0. The van der Waals surface area contributed by atoms with Crippen molar-refractivity contribution in [2.24, 2.45) is 4.99 Å². The van der Waals surface area contributed by atoms with Gasteiger partial charge in [-0.1, -0.05) is 6.07 Å². The number of benzene rings is 1. The van der Waals surface area contributed by atoms with E-state index in [1.54, 1.807) is 18.9 Å². The fraction of sp³-hybridized carbons (Fsp3) is 0.650. The Morgan fingerprint density at radius 2 is 2.11 bits per heavy atom. The summed E-state index contributed by atoms with van der Waals surface area (Å²) in [5, 5.41) is 17.0. The molecule has 0 amide bonds. The molecule has 1 aliphatic rings. The standard InChI is InChI=1S/C20H33N3O3S.HI/c1-4-21-19(23-14-20(24)10-12-27-15-20)22-11-6-7-16-8-9-17(25-3)18(13-16)26-5-2;/h8-9,13,24H,4-7,10-12,14-15H2,1-3H3,(H2,21,22,23);1H. The maximum absolute atomic E-state index is 10.4. The molecule has 1 aliphatic heterocycles. The van der Waals surface area contributed by atoms with E-state index in [0.29, 0.717) is 13.2 Å². The van der Waals surface area contributed by atoms with Crippen molar-refractivity contribution in [3.05, 3.63) is 23.8 Å². The third kappa shape index (κ3) is 8.24. The van der Waals surface area contributed by atoms with E-state index in [4.69, 9.17) is 9.47 Å². The molecule has 2 rings (SSSR count). The Morgan fingerprint density at radius 3 is 2.75 bits per heavy atom. The molecule has 1 saturated heterocycles. The minimum absolute atomic E-state index is 0. The molecule has 0 saturated carbocycles. The lowest BCUT2D eigenvalue weighted by molar-refractivity contribution is 0.0778. The Morgan fingerprint density at radius 1 is 1.29 bits per heavy atom. The van der Waals surface area contributed by atoms with Gasteiger partial charge in [0.2, 0.25) is 0 Å². The highest BCUT2D eigenvalue weighted by Gasteiger charge is 2.31. The van der Waals surface area contributed by atoms with Gasteiger partial charge in [0.05, 0.1) is 25.9 Å². The van der Waals surface area contributed by atoms with Gasteiger partial charge in [0, 0.05) is 18.8 Å². The van der Waals surface area contributed by atoms with Crippen molar-refractivity contribution >= 4 is 41.7 Å². The van der Waals surface area contributed by atoms with E-state index in [9.17, 15) is 5.11 Å². The average Bonchev–Trinajstić information content (AvgIpc) is 3.10. The Balaban J connectivity index is 0.00000392. The lowest BCUT2D eigenvalue weighted by Gasteiger charge is -2.19. The number of thioether (sulfide) groups is 1. The van der Waals surface area contributed by atoms with E-state index in [1.165, 1.54) is 5.56 Å². The van der Waals surface area contributed by atoms with Crippen LogP contribution in [-0.2, 0) is 6.42 Å². The highest BCUT2D eigenvalue weighted by atomic mass is 127. The van der Waals surface area contributed by atoms with Crippen molar-refractivity contribution in [3.8, 4) is 11.5 Å².